The highest BCUT2D eigenvalue weighted by molar-refractivity contribution is 5.90. The van der Waals surface area contributed by atoms with E-state index in [9.17, 15) is 15.0 Å². The summed E-state index contributed by atoms with van der Waals surface area (Å²) in [6.45, 7) is 5.00. The molecule has 0 saturated heterocycles. The maximum atomic E-state index is 11.3. The van der Waals surface area contributed by atoms with Crippen molar-refractivity contribution < 1.29 is 34.0 Å². The summed E-state index contributed by atoms with van der Waals surface area (Å²) in [5.41, 5.74) is 1.61. The van der Waals surface area contributed by atoms with Crippen molar-refractivity contribution in [3.05, 3.63) is 53.3 Å². The van der Waals surface area contributed by atoms with Crippen molar-refractivity contribution in [2.75, 3.05) is 26.9 Å². The average Bonchev–Trinajstić information content (AvgIpc) is 2.76. The van der Waals surface area contributed by atoms with Gasteiger partial charge in [-0.2, -0.15) is 0 Å². The van der Waals surface area contributed by atoms with Crippen LogP contribution in [0.15, 0.2) is 42.2 Å². The lowest BCUT2D eigenvalue weighted by molar-refractivity contribution is -0.136. The van der Waals surface area contributed by atoms with Gasteiger partial charge in [-0.1, -0.05) is 25.5 Å². The fourth-order valence-corrected chi connectivity index (χ4v) is 2.80. The van der Waals surface area contributed by atoms with Gasteiger partial charge in [0.1, 0.15) is 0 Å². The molecule has 0 aromatic heterocycles. The molecule has 0 heterocycles. The van der Waals surface area contributed by atoms with Crippen molar-refractivity contribution >= 4 is 12.0 Å². The number of hydrogen-bond acceptors (Lipinski definition) is 6. The predicted molar refractivity (Wildman–Crippen MR) is 118 cm³/mol. The molecule has 2 rings (SSSR count). The fraction of sp³-hybridized carbons (Fsp3) is 0.375. The second-order valence-corrected chi connectivity index (χ2v) is 6.76. The van der Waals surface area contributed by atoms with Gasteiger partial charge in [0.2, 0.25) is 5.76 Å². The molecule has 0 amide bonds. The number of carboxylic acids is 1. The molecule has 2 N–H and O–H groups in total. The molecule has 0 fully saturated rings. The van der Waals surface area contributed by atoms with E-state index < -0.39 is 5.97 Å². The number of methoxy groups -OCH3 is 1. The van der Waals surface area contributed by atoms with Crippen LogP contribution >= 0.6 is 0 Å². The van der Waals surface area contributed by atoms with Crippen molar-refractivity contribution in [2.45, 2.75) is 33.1 Å². The van der Waals surface area contributed by atoms with Gasteiger partial charge in [0.25, 0.3) is 0 Å². The minimum absolute atomic E-state index is 0.0928. The first kappa shape index (κ1) is 23.9. The first-order valence-electron chi connectivity index (χ1n) is 10.3. The zero-order valence-corrected chi connectivity index (χ0v) is 18.2. The van der Waals surface area contributed by atoms with Crippen LogP contribution in [0.25, 0.3) is 6.08 Å². The summed E-state index contributed by atoms with van der Waals surface area (Å²) in [7, 11) is 1.51. The molecule has 0 aliphatic heterocycles. The third-order valence-corrected chi connectivity index (χ3v) is 4.42. The Kier molecular flexibility index (Phi) is 9.55. The second kappa shape index (κ2) is 12.4. The van der Waals surface area contributed by atoms with E-state index in [-0.39, 0.29) is 18.1 Å². The van der Waals surface area contributed by atoms with Crippen LogP contribution in [0, 0.1) is 0 Å². The van der Waals surface area contributed by atoms with E-state index in [1.807, 2.05) is 6.07 Å². The van der Waals surface area contributed by atoms with Crippen molar-refractivity contribution in [1.82, 2.24) is 0 Å². The van der Waals surface area contributed by atoms with Gasteiger partial charge in [0.05, 0.1) is 26.9 Å². The van der Waals surface area contributed by atoms with Crippen LogP contribution < -0.4 is 14.2 Å². The summed E-state index contributed by atoms with van der Waals surface area (Å²) in [5, 5.41) is 19.0. The van der Waals surface area contributed by atoms with Crippen LogP contribution in [-0.2, 0) is 16.0 Å². The van der Waals surface area contributed by atoms with Gasteiger partial charge in [0.15, 0.2) is 23.0 Å². The van der Waals surface area contributed by atoms with Gasteiger partial charge in [-0.25, -0.2) is 4.79 Å². The Labute approximate surface area is 182 Å². The molecule has 31 heavy (non-hydrogen) atoms. The molecule has 7 heteroatoms. The van der Waals surface area contributed by atoms with Gasteiger partial charge in [-0.15, -0.1) is 0 Å². The number of benzene rings is 2. The molecule has 0 bridgehead atoms. The third kappa shape index (κ3) is 7.44. The molecule has 0 saturated carbocycles. The summed E-state index contributed by atoms with van der Waals surface area (Å²) >= 11 is 0. The molecular formula is C24H30O7. The maximum absolute atomic E-state index is 11.3. The molecule has 0 aliphatic carbocycles. The van der Waals surface area contributed by atoms with Crippen LogP contribution in [0.5, 0.6) is 23.0 Å². The third-order valence-electron chi connectivity index (χ3n) is 4.42. The Morgan fingerprint density at radius 2 is 1.77 bits per heavy atom. The minimum atomic E-state index is -1.13. The first-order valence-corrected chi connectivity index (χ1v) is 10.3. The number of phenolic OH excluding ortho intramolecular Hbond substituents is 1. The number of carbonyl (C=O) groups is 1. The Balaban J connectivity index is 2.15. The van der Waals surface area contributed by atoms with Crippen LogP contribution in [0.3, 0.4) is 0 Å². The van der Waals surface area contributed by atoms with Crippen molar-refractivity contribution in [2.24, 2.45) is 0 Å². The molecule has 0 spiro atoms. The van der Waals surface area contributed by atoms with Crippen molar-refractivity contribution in [3.8, 4) is 23.0 Å². The zero-order valence-electron chi connectivity index (χ0n) is 18.2. The highest BCUT2D eigenvalue weighted by Crippen LogP contribution is 2.31. The Morgan fingerprint density at radius 3 is 2.45 bits per heavy atom. The summed E-state index contributed by atoms with van der Waals surface area (Å²) in [4.78, 5) is 11.3. The lowest BCUT2D eigenvalue weighted by Crippen LogP contribution is -2.06. The largest absolute Gasteiger partial charge is 0.504 e. The zero-order chi connectivity index (χ0) is 22.6. The second-order valence-electron chi connectivity index (χ2n) is 6.76. The van der Waals surface area contributed by atoms with Gasteiger partial charge in [-0.05, 0) is 54.8 Å². The number of carboxylic acid groups (broad SMARTS) is 1. The quantitative estimate of drug-likeness (QED) is 0.271. The van der Waals surface area contributed by atoms with Gasteiger partial charge in [0, 0.05) is 6.42 Å². The van der Waals surface area contributed by atoms with E-state index in [2.05, 4.69) is 6.92 Å². The SMILES string of the molecule is CCCCOc1cc(/C=C(\OCC)C(=O)O)ccc1OCCc1ccc(O)c(OC)c1. The van der Waals surface area contributed by atoms with E-state index >= 15 is 0 Å². The highest BCUT2D eigenvalue weighted by Gasteiger charge is 2.11. The van der Waals surface area contributed by atoms with Crippen LogP contribution in [0.1, 0.15) is 37.8 Å². The molecule has 168 valence electrons. The summed E-state index contributed by atoms with van der Waals surface area (Å²) in [5.74, 6) is 0.381. The Bertz CT molecular complexity index is 889. The average molecular weight is 430 g/mol. The van der Waals surface area contributed by atoms with E-state index in [0.717, 1.165) is 18.4 Å². The lowest BCUT2D eigenvalue weighted by Gasteiger charge is -2.14. The first-order chi connectivity index (χ1) is 15.0. The van der Waals surface area contributed by atoms with Gasteiger partial charge < -0.3 is 29.2 Å². The van der Waals surface area contributed by atoms with Crippen molar-refractivity contribution in [3.63, 3.8) is 0 Å². The molecule has 0 aliphatic rings. The number of hydrogen-bond donors (Lipinski definition) is 2. The summed E-state index contributed by atoms with van der Waals surface area (Å²) in [6, 6.07) is 10.4. The number of unbranched alkanes of at least 4 members (excludes halogenated alkanes) is 1. The van der Waals surface area contributed by atoms with E-state index in [0.29, 0.717) is 42.4 Å². The predicted octanol–water partition coefficient (Wildman–Crippen LogP) is 4.66. The number of aliphatic carboxylic acids is 1. The molecule has 2 aromatic rings. The minimum Gasteiger partial charge on any atom is -0.504 e. The monoisotopic (exact) mass is 430 g/mol. The lowest BCUT2D eigenvalue weighted by atomic mass is 10.1. The smallest absolute Gasteiger partial charge is 0.371 e. The van der Waals surface area contributed by atoms with Crippen LogP contribution in [0.2, 0.25) is 0 Å². The number of aromatic hydroxyl groups is 1. The fourth-order valence-electron chi connectivity index (χ4n) is 2.80. The number of phenols is 1. The molecule has 0 radical (unpaired) electrons. The number of ether oxygens (including phenoxy) is 4. The van der Waals surface area contributed by atoms with Crippen LogP contribution in [-0.4, -0.2) is 43.1 Å². The van der Waals surface area contributed by atoms with Crippen molar-refractivity contribution in [1.29, 1.82) is 0 Å². The van der Waals surface area contributed by atoms with Gasteiger partial charge in [-0.3, -0.25) is 0 Å². The Morgan fingerprint density at radius 1 is 1.00 bits per heavy atom. The topological polar surface area (TPSA) is 94.5 Å². The molecule has 0 atom stereocenters. The maximum Gasteiger partial charge on any atom is 0.371 e. The standard InChI is InChI=1S/C24H30O7/c1-4-6-12-30-22-15-18(16-23(24(26)27)29-5-2)8-10-20(22)31-13-11-17-7-9-19(25)21(14-17)28-3/h7-10,14-16,25H,4-6,11-13H2,1-3H3,(H,26,27)/b23-16-. The summed E-state index contributed by atoms with van der Waals surface area (Å²) < 4.78 is 22.1. The summed E-state index contributed by atoms with van der Waals surface area (Å²) in [6.07, 6.45) is 3.96. The molecule has 2 aromatic carbocycles. The normalized spacial score (nSPS) is 11.1. The van der Waals surface area contributed by atoms with Crippen LogP contribution in [0.4, 0.5) is 0 Å². The molecule has 7 nitrogen and oxygen atoms in total. The van der Waals surface area contributed by atoms with E-state index in [1.165, 1.54) is 13.2 Å². The van der Waals surface area contributed by atoms with E-state index in [1.54, 1.807) is 37.3 Å². The van der Waals surface area contributed by atoms with E-state index in [4.69, 9.17) is 18.9 Å². The Hall–Kier alpha value is -3.35. The van der Waals surface area contributed by atoms with Gasteiger partial charge >= 0.3 is 5.97 Å². The number of rotatable bonds is 13. The molecular weight excluding hydrogens is 400 g/mol. The highest BCUT2D eigenvalue weighted by atomic mass is 16.5. The molecule has 0 unspecified atom stereocenters.